The van der Waals surface area contributed by atoms with Crippen molar-refractivity contribution in [1.29, 1.82) is 0 Å². The van der Waals surface area contributed by atoms with Gasteiger partial charge >= 0.3 is 6.09 Å². The number of amides is 2. The fraction of sp³-hybridized carbons (Fsp3) is 0.500. The van der Waals surface area contributed by atoms with E-state index in [-0.39, 0.29) is 41.8 Å². The first-order valence-electron chi connectivity index (χ1n) is 12.4. The van der Waals surface area contributed by atoms with Gasteiger partial charge in [0, 0.05) is 50.5 Å². The molecule has 3 fully saturated rings. The van der Waals surface area contributed by atoms with Gasteiger partial charge in [0.1, 0.15) is 17.1 Å². The third kappa shape index (κ3) is 5.09. The summed E-state index contributed by atoms with van der Waals surface area (Å²) in [5, 5.41) is 0. The van der Waals surface area contributed by atoms with E-state index in [0.29, 0.717) is 43.7 Å². The molecule has 0 saturated carbocycles. The molecule has 0 N–H and O–H groups in total. The molecule has 5 rings (SSSR count). The molecule has 36 heavy (non-hydrogen) atoms. The van der Waals surface area contributed by atoms with E-state index in [1.165, 1.54) is 36.7 Å². The lowest BCUT2D eigenvalue weighted by Gasteiger charge is -2.35. The van der Waals surface area contributed by atoms with E-state index in [9.17, 15) is 18.8 Å². The van der Waals surface area contributed by atoms with E-state index in [1.807, 2.05) is 0 Å². The largest absolute Gasteiger partial charge is 0.441 e. The second-order valence-electron chi connectivity index (χ2n) is 10.0. The first-order chi connectivity index (χ1) is 17.3. The van der Waals surface area contributed by atoms with Gasteiger partial charge in [0.05, 0.1) is 31.2 Å². The second kappa shape index (κ2) is 9.93. The highest BCUT2D eigenvalue weighted by atomic mass is 19.1. The molecule has 1 aromatic carbocycles. The maximum absolute atomic E-state index is 13.1. The number of halogens is 1. The number of rotatable bonds is 5. The van der Waals surface area contributed by atoms with Gasteiger partial charge in [-0.15, -0.1) is 0 Å². The Morgan fingerprint density at radius 2 is 1.75 bits per heavy atom. The highest BCUT2D eigenvalue weighted by molar-refractivity contribution is 5.98. The number of hydrogen-bond donors (Lipinski definition) is 0. The maximum atomic E-state index is 13.1. The number of hydrogen-bond acceptors (Lipinski definition) is 7. The number of aromatic nitrogens is 2. The number of Topliss-reactive ketones (excluding diaryl/α,β-unsaturated/α-hetero) is 1. The van der Waals surface area contributed by atoms with Crippen molar-refractivity contribution in [3.05, 3.63) is 59.4 Å². The van der Waals surface area contributed by atoms with E-state index in [2.05, 4.69) is 21.9 Å². The Balaban J connectivity index is 1.14. The zero-order valence-corrected chi connectivity index (χ0v) is 20.4. The molecule has 0 unspecified atom stereocenters. The Morgan fingerprint density at radius 3 is 2.39 bits per heavy atom. The lowest BCUT2D eigenvalue weighted by molar-refractivity contribution is 0.00656. The van der Waals surface area contributed by atoms with Crippen molar-refractivity contribution in [2.75, 3.05) is 39.8 Å². The fourth-order valence-corrected chi connectivity index (χ4v) is 5.20. The molecule has 0 bridgehead atoms. The summed E-state index contributed by atoms with van der Waals surface area (Å²) in [7, 11) is 2.07. The van der Waals surface area contributed by atoms with Crippen LogP contribution in [0.1, 0.15) is 52.2 Å². The van der Waals surface area contributed by atoms with Crippen molar-refractivity contribution in [2.24, 2.45) is 5.92 Å². The number of likely N-dealkylation sites (tertiary alicyclic amines) is 2. The molecule has 1 aromatic heterocycles. The molecule has 2 aromatic rings. The van der Waals surface area contributed by atoms with Crippen LogP contribution in [0.4, 0.5) is 9.18 Å². The van der Waals surface area contributed by atoms with Crippen molar-refractivity contribution in [1.82, 2.24) is 24.7 Å². The number of carbonyl (C=O) groups is 3. The van der Waals surface area contributed by atoms with Gasteiger partial charge in [-0.1, -0.05) is 0 Å². The predicted molar refractivity (Wildman–Crippen MR) is 128 cm³/mol. The summed E-state index contributed by atoms with van der Waals surface area (Å²) in [4.78, 5) is 52.3. The van der Waals surface area contributed by atoms with Gasteiger partial charge < -0.3 is 14.5 Å². The standard InChI is InChI=1S/C26H30FN5O4/c1-30-12-8-26(9-13-30)17-32(25(35)36-26)16-21-14-29-22(15-28-21)24(34)31-10-6-19(7-11-31)23(33)18-2-4-20(27)5-3-18/h2-5,14-15,19H,6-13,16-17H2,1H3. The van der Waals surface area contributed by atoms with Crippen LogP contribution in [-0.4, -0.2) is 87.8 Å². The third-order valence-corrected chi connectivity index (χ3v) is 7.50. The summed E-state index contributed by atoms with van der Waals surface area (Å²) in [5.74, 6) is -0.817. The van der Waals surface area contributed by atoms with Crippen LogP contribution in [0, 0.1) is 11.7 Å². The average Bonchev–Trinajstić information content (AvgIpc) is 3.20. The highest BCUT2D eigenvalue weighted by Crippen LogP contribution is 2.33. The first kappa shape index (κ1) is 24.3. The van der Waals surface area contributed by atoms with Gasteiger partial charge in [-0.25, -0.2) is 14.2 Å². The second-order valence-corrected chi connectivity index (χ2v) is 10.0. The van der Waals surface area contributed by atoms with Gasteiger partial charge in [0.15, 0.2) is 5.78 Å². The minimum atomic E-state index is -0.420. The zero-order valence-electron chi connectivity index (χ0n) is 20.4. The quantitative estimate of drug-likeness (QED) is 0.589. The van der Waals surface area contributed by atoms with Crippen LogP contribution >= 0.6 is 0 Å². The number of piperidine rings is 2. The van der Waals surface area contributed by atoms with Gasteiger partial charge in [-0.3, -0.25) is 19.5 Å². The van der Waals surface area contributed by atoms with Crippen molar-refractivity contribution >= 4 is 17.8 Å². The van der Waals surface area contributed by atoms with Crippen molar-refractivity contribution in [3.63, 3.8) is 0 Å². The van der Waals surface area contributed by atoms with Gasteiger partial charge in [0.2, 0.25) is 0 Å². The number of benzene rings is 1. The fourth-order valence-electron chi connectivity index (χ4n) is 5.20. The zero-order chi connectivity index (χ0) is 25.3. The molecule has 3 aliphatic rings. The van der Waals surface area contributed by atoms with E-state index in [4.69, 9.17) is 4.74 Å². The van der Waals surface area contributed by atoms with Crippen molar-refractivity contribution in [3.8, 4) is 0 Å². The molecule has 2 amide bonds. The summed E-state index contributed by atoms with van der Waals surface area (Å²) in [6.07, 6.45) is 5.36. The third-order valence-electron chi connectivity index (χ3n) is 7.50. The lowest BCUT2D eigenvalue weighted by Crippen LogP contribution is -2.45. The van der Waals surface area contributed by atoms with Crippen LogP contribution in [0.5, 0.6) is 0 Å². The normalized spacial score (nSPS) is 20.6. The summed E-state index contributed by atoms with van der Waals surface area (Å²) < 4.78 is 18.9. The number of nitrogens with zero attached hydrogens (tertiary/aromatic N) is 5. The Hall–Kier alpha value is -3.40. The molecule has 3 saturated heterocycles. The molecular weight excluding hydrogens is 465 g/mol. The molecule has 10 heteroatoms. The minimum absolute atomic E-state index is 0.0197. The van der Waals surface area contributed by atoms with E-state index in [0.717, 1.165) is 25.9 Å². The Bertz CT molecular complexity index is 1120. The molecule has 4 heterocycles. The van der Waals surface area contributed by atoms with Crippen LogP contribution in [0.3, 0.4) is 0 Å². The molecule has 0 atom stereocenters. The van der Waals surface area contributed by atoms with Crippen molar-refractivity contribution in [2.45, 2.75) is 37.8 Å². The van der Waals surface area contributed by atoms with Crippen LogP contribution in [0.25, 0.3) is 0 Å². The Morgan fingerprint density at radius 1 is 1.06 bits per heavy atom. The Labute approximate surface area is 209 Å². The van der Waals surface area contributed by atoms with Crippen LogP contribution in [0.2, 0.25) is 0 Å². The van der Waals surface area contributed by atoms with Crippen LogP contribution < -0.4 is 0 Å². The molecule has 0 radical (unpaired) electrons. The number of carbonyl (C=O) groups excluding carboxylic acids is 3. The Kier molecular flexibility index (Phi) is 6.70. The molecule has 190 valence electrons. The molecular formula is C26H30FN5O4. The smallest absolute Gasteiger partial charge is 0.410 e. The van der Waals surface area contributed by atoms with E-state index in [1.54, 1.807) is 9.80 Å². The minimum Gasteiger partial charge on any atom is -0.441 e. The van der Waals surface area contributed by atoms with E-state index >= 15 is 0 Å². The number of ether oxygens (including phenoxy) is 1. The maximum Gasteiger partial charge on any atom is 0.410 e. The average molecular weight is 496 g/mol. The summed E-state index contributed by atoms with van der Waals surface area (Å²) in [6, 6.07) is 5.57. The van der Waals surface area contributed by atoms with E-state index < -0.39 is 5.60 Å². The summed E-state index contributed by atoms with van der Waals surface area (Å²) in [5.41, 5.74) is 0.901. The summed E-state index contributed by atoms with van der Waals surface area (Å²) in [6.45, 7) is 3.50. The summed E-state index contributed by atoms with van der Waals surface area (Å²) >= 11 is 0. The molecule has 9 nitrogen and oxygen atoms in total. The van der Waals surface area contributed by atoms with Crippen LogP contribution in [-0.2, 0) is 11.3 Å². The molecule has 1 spiro atoms. The van der Waals surface area contributed by atoms with Gasteiger partial charge in [-0.2, -0.15) is 0 Å². The first-order valence-corrected chi connectivity index (χ1v) is 12.4. The van der Waals surface area contributed by atoms with Crippen molar-refractivity contribution < 1.29 is 23.5 Å². The number of ketones is 1. The van der Waals surface area contributed by atoms with Gasteiger partial charge in [-0.05, 0) is 44.2 Å². The van der Waals surface area contributed by atoms with Gasteiger partial charge in [0.25, 0.3) is 5.91 Å². The van der Waals surface area contributed by atoms with Crippen LogP contribution in [0.15, 0.2) is 36.7 Å². The molecule has 3 aliphatic heterocycles. The topological polar surface area (TPSA) is 95.9 Å². The lowest BCUT2D eigenvalue weighted by atomic mass is 9.89. The monoisotopic (exact) mass is 495 g/mol. The SMILES string of the molecule is CN1CCC2(CC1)CN(Cc1cnc(C(=O)N3CCC(C(=O)c4ccc(F)cc4)CC3)cn1)C(=O)O2. The predicted octanol–water partition coefficient (Wildman–Crippen LogP) is 2.77. The molecule has 0 aliphatic carbocycles. The highest BCUT2D eigenvalue weighted by Gasteiger charge is 2.46.